The first-order valence-electron chi connectivity index (χ1n) is 8.44. The molecule has 1 fully saturated rings. The van der Waals surface area contributed by atoms with Crippen LogP contribution in [0.15, 0.2) is 41.2 Å². The van der Waals surface area contributed by atoms with Crippen molar-refractivity contribution in [2.24, 2.45) is 5.92 Å². The van der Waals surface area contributed by atoms with Crippen LogP contribution in [0.4, 0.5) is 5.82 Å². The monoisotopic (exact) mass is 344 g/mol. The van der Waals surface area contributed by atoms with E-state index in [-0.39, 0.29) is 5.91 Å². The van der Waals surface area contributed by atoms with Gasteiger partial charge in [0.1, 0.15) is 5.82 Å². The summed E-state index contributed by atoms with van der Waals surface area (Å²) in [6.07, 6.45) is 3.83. The zero-order valence-electron chi connectivity index (χ0n) is 13.8. The summed E-state index contributed by atoms with van der Waals surface area (Å²) in [5, 5.41) is 10.6. The van der Waals surface area contributed by atoms with Gasteiger partial charge in [0.05, 0.1) is 6.54 Å². The highest BCUT2D eigenvalue weighted by molar-refractivity contribution is 7.07. The van der Waals surface area contributed by atoms with Crippen molar-refractivity contribution in [3.8, 4) is 0 Å². The maximum atomic E-state index is 12.0. The molecule has 2 aromatic heterocycles. The highest BCUT2D eigenvalue weighted by Gasteiger charge is 2.23. The average molecular weight is 344 g/mol. The lowest BCUT2D eigenvalue weighted by molar-refractivity contribution is -0.122. The van der Waals surface area contributed by atoms with E-state index in [2.05, 4.69) is 37.3 Å². The number of carbonyl (C=O) groups is 1. The standard InChI is InChI=1S/C18H24N4OS/c23-18(20-8-4-15-6-10-24-14-15)13-22-9-5-16(12-22)11-21-17-3-1-2-7-19-17/h1-3,6-7,10,14,16H,4-5,8-9,11-13H2,(H,19,21)(H,20,23)/t16-/m1/s1. The number of rotatable bonds is 8. The molecule has 1 atom stereocenters. The molecule has 1 saturated heterocycles. The highest BCUT2D eigenvalue weighted by atomic mass is 32.1. The van der Waals surface area contributed by atoms with Crippen LogP contribution in [-0.4, -0.2) is 48.5 Å². The summed E-state index contributed by atoms with van der Waals surface area (Å²) in [6.45, 7) is 4.09. The number of aromatic nitrogens is 1. The highest BCUT2D eigenvalue weighted by Crippen LogP contribution is 2.16. The number of nitrogens with zero attached hydrogens (tertiary/aromatic N) is 2. The Hall–Kier alpha value is -1.92. The van der Waals surface area contributed by atoms with Crippen LogP contribution in [0.3, 0.4) is 0 Å². The number of pyridine rings is 1. The second kappa shape index (κ2) is 8.80. The van der Waals surface area contributed by atoms with Crippen molar-refractivity contribution < 1.29 is 4.79 Å². The van der Waals surface area contributed by atoms with Gasteiger partial charge < -0.3 is 10.6 Å². The number of carbonyl (C=O) groups excluding carboxylic acids is 1. The summed E-state index contributed by atoms with van der Waals surface area (Å²) in [6, 6.07) is 7.99. The number of thiophene rings is 1. The van der Waals surface area contributed by atoms with Gasteiger partial charge in [0, 0.05) is 25.8 Å². The fraction of sp³-hybridized carbons (Fsp3) is 0.444. The first-order chi connectivity index (χ1) is 11.8. The Morgan fingerprint density at radius 1 is 1.38 bits per heavy atom. The molecule has 0 aliphatic carbocycles. The predicted octanol–water partition coefficient (Wildman–Crippen LogP) is 2.24. The number of amides is 1. The van der Waals surface area contributed by atoms with Crippen LogP contribution in [0.2, 0.25) is 0 Å². The third kappa shape index (κ3) is 5.32. The lowest BCUT2D eigenvalue weighted by Crippen LogP contribution is -2.37. The number of hydrogen-bond acceptors (Lipinski definition) is 5. The number of nitrogens with one attached hydrogen (secondary N) is 2. The number of anilines is 1. The molecule has 0 bridgehead atoms. The van der Waals surface area contributed by atoms with Gasteiger partial charge in [0.2, 0.25) is 5.91 Å². The summed E-state index contributed by atoms with van der Waals surface area (Å²) in [5.74, 6) is 1.62. The molecule has 1 amide bonds. The van der Waals surface area contributed by atoms with Crippen molar-refractivity contribution in [1.82, 2.24) is 15.2 Å². The van der Waals surface area contributed by atoms with Crippen LogP contribution >= 0.6 is 11.3 Å². The van der Waals surface area contributed by atoms with Crippen molar-refractivity contribution in [2.45, 2.75) is 12.8 Å². The summed E-state index contributed by atoms with van der Waals surface area (Å²) in [5.41, 5.74) is 1.29. The largest absolute Gasteiger partial charge is 0.370 e. The minimum Gasteiger partial charge on any atom is -0.370 e. The zero-order valence-corrected chi connectivity index (χ0v) is 14.6. The smallest absolute Gasteiger partial charge is 0.234 e. The molecule has 1 aliphatic heterocycles. The van der Waals surface area contributed by atoms with E-state index in [9.17, 15) is 4.79 Å². The Balaban J connectivity index is 1.31. The third-order valence-electron chi connectivity index (χ3n) is 4.29. The molecule has 0 radical (unpaired) electrons. The minimum absolute atomic E-state index is 0.128. The van der Waals surface area contributed by atoms with Gasteiger partial charge in [0.15, 0.2) is 0 Å². The van der Waals surface area contributed by atoms with Gasteiger partial charge in [-0.2, -0.15) is 11.3 Å². The van der Waals surface area contributed by atoms with Gasteiger partial charge in [-0.15, -0.1) is 0 Å². The van der Waals surface area contributed by atoms with Gasteiger partial charge >= 0.3 is 0 Å². The van der Waals surface area contributed by atoms with Crippen LogP contribution in [0, 0.1) is 5.92 Å². The van der Waals surface area contributed by atoms with Gasteiger partial charge in [-0.1, -0.05) is 6.07 Å². The van der Waals surface area contributed by atoms with Crippen molar-refractivity contribution in [3.05, 3.63) is 46.8 Å². The van der Waals surface area contributed by atoms with E-state index in [1.54, 1.807) is 17.5 Å². The van der Waals surface area contributed by atoms with Crippen LogP contribution < -0.4 is 10.6 Å². The number of likely N-dealkylation sites (tertiary alicyclic amines) is 1. The van der Waals surface area contributed by atoms with Crippen LogP contribution in [0.5, 0.6) is 0 Å². The van der Waals surface area contributed by atoms with Gasteiger partial charge in [-0.25, -0.2) is 4.98 Å². The van der Waals surface area contributed by atoms with Gasteiger partial charge in [0.25, 0.3) is 0 Å². The molecule has 128 valence electrons. The Bertz CT molecular complexity index is 617. The lowest BCUT2D eigenvalue weighted by atomic mass is 10.1. The molecule has 0 saturated carbocycles. The van der Waals surface area contributed by atoms with Crippen molar-refractivity contribution in [1.29, 1.82) is 0 Å². The molecule has 3 rings (SSSR count). The molecule has 5 nitrogen and oxygen atoms in total. The van der Waals surface area contributed by atoms with Gasteiger partial charge in [-0.3, -0.25) is 9.69 Å². The molecule has 0 unspecified atom stereocenters. The molecule has 1 aliphatic rings. The molecular weight excluding hydrogens is 320 g/mol. The van der Waals surface area contributed by atoms with E-state index in [1.165, 1.54) is 5.56 Å². The fourth-order valence-corrected chi connectivity index (χ4v) is 3.68. The molecule has 0 aromatic carbocycles. The van der Waals surface area contributed by atoms with E-state index >= 15 is 0 Å². The molecule has 24 heavy (non-hydrogen) atoms. The Morgan fingerprint density at radius 3 is 3.12 bits per heavy atom. The predicted molar refractivity (Wildman–Crippen MR) is 98.3 cm³/mol. The normalized spacial score (nSPS) is 17.8. The maximum absolute atomic E-state index is 12.0. The van der Waals surface area contributed by atoms with Crippen LogP contribution in [0.1, 0.15) is 12.0 Å². The molecule has 0 spiro atoms. The Labute approximate surface area is 147 Å². The average Bonchev–Trinajstić information content (AvgIpc) is 3.26. The molecule has 3 heterocycles. The van der Waals surface area contributed by atoms with E-state index in [0.717, 1.165) is 38.3 Å². The SMILES string of the molecule is O=C(CN1CC[C@H](CNc2ccccn2)C1)NCCc1ccsc1. The minimum atomic E-state index is 0.128. The summed E-state index contributed by atoms with van der Waals surface area (Å²) < 4.78 is 0. The van der Waals surface area contributed by atoms with E-state index in [0.29, 0.717) is 19.0 Å². The number of hydrogen-bond donors (Lipinski definition) is 2. The Morgan fingerprint density at radius 2 is 2.33 bits per heavy atom. The lowest BCUT2D eigenvalue weighted by Gasteiger charge is -2.16. The van der Waals surface area contributed by atoms with Crippen LogP contribution in [0.25, 0.3) is 0 Å². The quantitative estimate of drug-likeness (QED) is 0.771. The van der Waals surface area contributed by atoms with E-state index < -0.39 is 0 Å². The van der Waals surface area contributed by atoms with Crippen molar-refractivity contribution in [2.75, 3.05) is 38.0 Å². The fourth-order valence-electron chi connectivity index (χ4n) is 2.98. The molecular formula is C18H24N4OS. The first kappa shape index (κ1) is 16.9. The summed E-state index contributed by atoms with van der Waals surface area (Å²) in [7, 11) is 0. The van der Waals surface area contributed by atoms with E-state index in [1.807, 2.05) is 18.2 Å². The van der Waals surface area contributed by atoms with Crippen molar-refractivity contribution >= 4 is 23.1 Å². The first-order valence-corrected chi connectivity index (χ1v) is 9.39. The maximum Gasteiger partial charge on any atom is 0.234 e. The molecule has 2 aromatic rings. The second-order valence-corrected chi connectivity index (χ2v) is 7.00. The van der Waals surface area contributed by atoms with Crippen molar-refractivity contribution in [3.63, 3.8) is 0 Å². The molecule has 6 heteroatoms. The summed E-state index contributed by atoms with van der Waals surface area (Å²) in [4.78, 5) is 18.6. The summed E-state index contributed by atoms with van der Waals surface area (Å²) >= 11 is 1.70. The Kier molecular flexibility index (Phi) is 6.20. The molecule has 2 N–H and O–H groups in total. The van der Waals surface area contributed by atoms with E-state index in [4.69, 9.17) is 0 Å². The third-order valence-corrected chi connectivity index (χ3v) is 5.02. The van der Waals surface area contributed by atoms with Gasteiger partial charge in [-0.05, 0) is 59.8 Å². The second-order valence-electron chi connectivity index (χ2n) is 6.22. The van der Waals surface area contributed by atoms with Crippen LogP contribution in [-0.2, 0) is 11.2 Å². The topological polar surface area (TPSA) is 57.3 Å². The zero-order chi connectivity index (χ0) is 16.6.